The lowest BCUT2D eigenvalue weighted by Gasteiger charge is -2.04. The third kappa shape index (κ3) is 2.28. The summed E-state index contributed by atoms with van der Waals surface area (Å²) in [4.78, 5) is 4.52. The van der Waals surface area contributed by atoms with Crippen LogP contribution in [0.3, 0.4) is 0 Å². The van der Waals surface area contributed by atoms with Crippen molar-refractivity contribution in [1.29, 1.82) is 5.26 Å². The lowest BCUT2D eigenvalue weighted by molar-refractivity contribution is 1.38. The molecule has 0 aliphatic rings. The van der Waals surface area contributed by atoms with Crippen molar-refractivity contribution in [2.24, 2.45) is 0 Å². The van der Waals surface area contributed by atoms with Crippen LogP contribution in [-0.2, 0) is 0 Å². The summed E-state index contributed by atoms with van der Waals surface area (Å²) in [6, 6.07) is 15.9. The molecule has 19 heavy (non-hydrogen) atoms. The van der Waals surface area contributed by atoms with Crippen molar-refractivity contribution in [3.05, 3.63) is 53.6 Å². The molecule has 0 spiro atoms. The van der Waals surface area contributed by atoms with E-state index in [1.807, 2.05) is 43.3 Å². The van der Waals surface area contributed by atoms with Crippen LogP contribution in [0.4, 0.5) is 10.8 Å². The highest BCUT2D eigenvalue weighted by atomic mass is 32.1. The number of rotatable bonds is 2. The zero-order valence-electron chi connectivity index (χ0n) is 10.3. The Morgan fingerprint density at radius 2 is 2.05 bits per heavy atom. The molecule has 1 heterocycles. The van der Waals surface area contributed by atoms with E-state index < -0.39 is 0 Å². The molecule has 0 atom stereocenters. The maximum Gasteiger partial charge on any atom is 0.188 e. The van der Waals surface area contributed by atoms with E-state index >= 15 is 0 Å². The Hall–Kier alpha value is -2.38. The first-order chi connectivity index (χ1) is 9.26. The maximum atomic E-state index is 8.91. The molecule has 0 aliphatic carbocycles. The Labute approximate surface area is 115 Å². The average Bonchev–Trinajstić information content (AvgIpc) is 2.81. The van der Waals surface area contributed by atoms with Gasteiger partial charge in [-0.3, -0.25) is 0 Å². The zero-order valence-corrected chi connectivity index (χ0v) is 11.2. The van der Waals surface area contributed by atoms with Crippen molar-refractivity contribution >= 4 is 32.4 Å². The van der Waals surface area contributed by atoms with E-state index in [1.165, 1.54) is 0 Å². The van der Waals surface area contributed by atoms with Gasteiger partial charge in [0.15, 0.2) is 5.13 Å². The normalized spacial score (nSPS) is 10.3. The summed E-state index contributed by atoms with van der Waals surface area (Å²) in [6.07, 6.45) is 0. The summed E-state index contributed by atoms with van der Waals surface area (Å²) < 4.78 is 1.16. The molecular formula is C15H11N3S. The van der Waals surface area contributed by atoms with Gasteiger partial charge in [0, 0.05) is 5.69 Å². The number of para-hydroxylation sites is 1. The summed E-state index contributed by atoms with van der Waals surface area (Å²) >= 11 is 1.62. The van der Waals surface area contributed by atoms with Gasteiger partial charge in [-0.2, -0.15) is 5.26 Å². The highest BCUT2D eigenvalue weighted by Crippen LogP contribution is 2.28. The molecule has 3 nitrogen and oxygen atoms in total. The van der Waals surface area contributed by atoms with Gasteiger partial charge in [0.05, 0.1) is 21.8 Å². The highest BCUT2D eigenvalue weighted by molar-refractivity contribution is 7.22. The van der Waals surface area contributed by atoms with Crippen LogP contribution in [0.2, 0.25) is 0 Å². The van der Waals surface area contributed by atoms with Crippen LogP contribution in [0, 0.1) is 18.3 Å². The summed E-state index contributed by atoms with van der Waals surface area (Å²) in [5.74, 6) is 0. The molecule has 0 radical (unpaired) electrons. The van der Waals surface area contributed by atoms with Gasteiger partial charge >= 0.3 is 0 Å². The number of benzene rings is 2. The Morgan fingerprint density at radius 3 is 2.79 bits per heavy atom. The van der Waals surface area contributed by atoms with Gasteiger partial charge in [0.2, 0.25) is 0 Å². The van der Waals surface area contributed by atoms with Gasteiger partial charge in [0.1, 0.15) is 0 Å². The molecule has 1 aromatic heterocycles. The van der Waals surface area contributed by atoms with E-state index in [1.54, 1.807) is 11.3 Å². The molecular weight excluding hydrogens is 254 g/mol. The number of aryl methyl sites for hydroxylation is 1. The number of fused-ring (bicyclic) bond motifs is 1. The fourth-order valence-corrected chi connectivity index (χ4v) is 2.80. The van der Waals surface area contributed by atoms with Crippen molar-refractivity contribution in [2.45, 2.75) is 6.92 Å². The van der Waals surface area contributed by atoms with E-state index in [9.17, 15) is 0 Å². The van der Waals surface area contributed by atoms with Crippen LogP contribution in [0.15, 0.2) is 42.5 Å². The molecule has 0 saturated heterocycles. The predicted octanol–water partition coefficient (Wildman–Crippen LogP) is 4.22. The number of nitriles is 1. The number of anilines is 2. The zero-order chi connectivity index (χ0) is 13.2. The first-order valence-electron chi connectivity index (χ1n) is 5.89. The van der Waals surface area contributed by atoms with Crippen molar-refractivity contribution in [3.8, 4) is 6.07 Å². The van der Waals surface area contributed by atoms with Gasteiger partial charge < -0.3 is 5.32 Å². The average molecular weight is 265 g/mol. The number of hydrogen-bond acceptors (Lipinski definition) is 4. The minimum Gasteiger partial charge on any atom is -0.332 e. The molecule has 0 unspecified atom stereocenters. The molecule has 3 rings (SSSR count). The van der Waals surface area contributed by atoms with Crippen LogP contribution in [0.1, 0.15) is 11.1 Å². The quantitative estimate of drug-likeness (QED) is 0.754. The fourth-order valence-electron chi connectivity index (χ4n) is 1.92. The van der Waals surface area contributed by atoms with Crippen LogP contribution >= 0.6 is 11.3 Å². The van der Waals surface area contributed by atoms with Crippen LogP contribution in [-0.4, -0.2) is 4.98 Å². The molecule has 92 valence electrons. The van der Waals surface area contributed by atoms with Crippen molar-refractivity contribution < 1.29 is 0 Å². The van der Waals surface area contributed by atoms with Gasteiger partial charge in [-0.05, 0) is 42.8 Å². The van der Waals surface area contributed by atoms with Crippen LogP contribution in [0.5, 0.6) is 0 Å². The monoisotopic (exact) mass is 265 g/mol. The molecule has 0 amide bonds. The Kier molecular flexibility index (Phi) is 2.90. The van der Waals surface area contributed by atoms with E-state index in [-0.39, 0.29) is 0 Å². The molecule has 0 aliphatic heterocycles. The second-order valence-electron chi connectivity index (χ2n) is 4.25. The summed E-state index contributed by atoms with van der Waals surface area (Å²) in [6.45, 7) is 1.93. The standard InChI is InChI=1S/C15H11N3S/c1-10-8-12(7-6-11(10)9-16)17-15-18-13-4-2-3-5-14(13)19-15/h2-8H,1H3,(H,17,18). The van der Waals surface area contributed by atoms with E-state index in [2.05, 4.69) is 22.4 Å². The maximum absolute atomic E-state index is 8.91. The molecule has 3 aromatic rings. The first kappa shape index (κ1) is 11.7. The Balaban J connectivity index is 1.92. The van der Waals surface area contributed by atoms with E-state index in [0.29, 0.717) is 5.56 Å². The van der Waals surface area contributed by atoms with Crippen molar-refractivity contribution in [2.75, 3.05) is 5.32 Å². The minimum absolute atomic E-state index is 0.704. The summed E-state index contributed by atoms with van der Waals surface area (Å²) in [5.41, 5.74) is 3.62. The molecule has 0 saturated carbocycles. The number of hydrogen-bond donors (Lipinski definition) is 1. The van der Waals surface area contributed by atoms with Crippen molar-refractivity contribution in [3.63, 3.8) is 0 Å². The van der Waals surface area contributed by atoms with E-state index in [0.717, 1.165) is 26.6 Å². The van der Waals surface area contributed by atoms with Crippen LogP contribution < -0.4 is 5.32 Å². The van der Waals surface area contributed by atoms with E-state index in [4.69, 9.17) is 5.26 Å². The summed E-state index contributed by atoms with van der Waals surface area (Å²) in [7, 11) is 0. The van der Waals surface area contributed by atoms with Gasteiger partial charge in [-0.1, -0.05) is 23.5 Å². The molecule has 0 fully saturated rings. The molecule has 1 N–H and O–H groups in total. The third-order valence-electron chi connectivity index (χ3n) is 2.89. The number of nitrogens with one attached hydrogen (secondary N) is 1. The largest absolute Gasteiger partial charge is 0.332 e. The Morgan fingerprint density at radius 1 is 1.21 bits per heavy atom. The second kappa shape index (κ2) is 4.71. The highest BCUT2D eigenvalue weighted by Gasteiger charge is 2.04. The summed E-state index contributed by atoms with van der Waals surface area (Å²) in [5, 5.41) is 13.1. The van der Waals surface area contributed by atoms with Crippen LogP contribution in [0.25, 0.3) is 10.2 Å². The number of nitrogens with zero attached hydrogens (tertiary/aromatic N) is 2. The number of thiazole rings is 1. The molecule has 0 bridgehead atoms. The first-order valence-corrected chi connectivity index (χ1v) is 6.71. The Bertz CT molecular complexity index is 750. The number of aromatic nitrogens is 1. The third-order valence-corrected chi connectivity index (χ3v) is 3.84. The predicted molar refractivity (Wildman–Crippen MR) is 78.8 cm³/mol. The SMILES string of the molecule is Cc1cc(Nc2nc3ccccc3s2)ccc1C#N. The van der Waals surface area contributed by atoms with Gasteiger partial charge in [0.25, 0.3) is 0 Å². The molecule has 2 aromatic carbocycles. The lowest BCUT2D eigenvalue weighted by Crippen LogP contribution is -1.91. The topological polar surface area (TPSA) is 48.7 Å². The lowest BCUT2D eigenvalue weighted by atomic mass is 10.1. The second-order valence-corrected chi connectivity index (χ2v) is 5.28. The van der Waals surface area contributed by atoms with Crippen molar-refractivity contribution in [1.82, 2.24) is 4.98 Å². The smallest absolute Gasteiger partial charge is 0.188 e. The van der Waals surface area contributed by atoms with Gasteiger partial charge in [-0.25, -0.2) is 4.98 Å². The fraction of sp³-hybridized carbons (Fsp3) is 0.0667. The minimum atomic E-state index is 0.704. The van der Waals surface area contributed by atoms with Gasteiger partial charge in [-0.15, -0.1) is 0 Å². The molecule has 4 heteroatoms.